The van der Waals surface area contributed by atoms with E-state index in [1.165, 1.54) is 0 Å². The Morgan fingerprint density at radius 2 is 2.75 bits per heavy atom. The molecule has 0 saturated carbocycles. The second-order valence-corrected chi connectivity index (χ2v) is 1.75. The summed E-state index contributed by atoms with van der Waals surface area (Å²) in [7, 11) is 1.86. The summed E-state index contributed by atoms with van der Waals surface area (Å²) in [5, 5.41) is 2.91. The second-order valence-electron chi connectivity index (χ2n) is 1.75. The van der Waals surface area contributed by atoms with E-state index in [0.717, 1.165) is 13.0 Å². The van der Waals surface area contributed by atoms with Gasteiger partial charge in [-0.1, -0.05) is 0 Å². The number of carbonyl (C=O) groups excluding carboxylic acids is 1. The predicted octanol–water partition coefficient (Wildman–Crippen LogP) is -0.481. The Morgan fingerprint density at radius 3 is 3.00 bits per heavy atom. The molecule has 0 aliphatic carbocycles. The highest BCUT2D eigenvalue weighted by atomic mass is 16.1. The summed E-state index contributed by atoms with van der Waals surface area (Å²) in [6.45, 7) is 0.744. The van der Waals surface area contributed by atoms with Gasteiger partial charge in [0.1, 0.15) is 0 Å². The van der Waals surface area contributed by atoms with E-state index in [-0.39, 0.29) is 0 Å². The van der Waals surface area contributed by atoms with Crippen molar-refractivity contribution in [3.8, 4) is 0 Å². The monoisotopic (exact) mass is 112 g/mol. The second kappa shape index (κ2) is 1.86. The molecule has 0 spiro atoms. The molecule has 1 aliphatic rings. The first-order chi connectivity index (χ1) is 3.84. The fourth-order valence-electron chi connectivity index (χ4n) is 0.613. The van der Waals surface area contributed by atoms with Gasteiger partial charge in [0.05, 0.1) is 12.4 Å². The molecule has 3 nitrogen and oxygen atoms in total. The van der Waals surface area contributed by atoms with Crippen LogP contribution in [0.25, 0.3) is 0 Å². The summed E-state index contributed by atoms with van der Waals surface area (Å²) < 4.78 is 0. The molecule has 0 aromatic carbocycles. The van der Waals surface area contributed by atoms with Crippen molar-refractivity contribution in [3.05, 3.63) is 11.9 Å². The molecule has 0 fully saturated rings. The van der Waals surface area contributed by atoms with Crippen LogP contribution in [0.15, 0.2) is 11.9 Å². The van der Waals surface area contributed by atoms with Crippen LogP contribution in [0.5, 0.6) is 0 Å². The van der Waals surface area contributed by atoms with Gasteiger partial charge < -0.3 is 10.2 Å². The zero-order valence-electron chi connectivity index (χ0n) is 4.72. The Hall–Kier alpha value is -0.990. The highest BCUT2D eigenvalue weighted by molar-refractivity contribution is 5.72. The molecule has 0 saturated heterocycles. The summed E-state index contributed by atoms with van der Waals surface area (Å²) in [5.41, 5.74) is 0.713. The van der Waals surface area contributed by atoms with Crippen LogP contribution in [-0.4, -0.2) is 24.9 Å². The smallest absolute Gasteiger partial charge is 0.167 e. The van der Waals surface area contributed by atoms with Gasteiger partial charge in [0.15, 0.2) is 6.29 Å². The minimum atomic E-state index is 0.713. The van der Waals surface area contributed by atoms with Crippen LogP contribution in [0.3, 0.4) is 0 Å². The summed E-state index contributed by atoms with van der Waals surface area (Å²) >= 11 is 0. The zero-order valence-corrected chi connectivity index (χ0v) is 4.72. The van der Waals surface area contributed by atoms with Gasteiger partial charge in [-0.25, -0.2) is 0 Å². The van der Waals surface area contributed by atoms with E-state index >= 15 is 0 Å². The maximum atomic E-state index is 10.1. The average molecular weight is 112 g/mol. The molecule has 0 unspecified atom stereocenters. The standard InChI is InChI=1S/C5H8N2O/c1-7-4-6-2-5(7)3-8/h2-3,6H,4H2,1H3. The van der Waals surface area contributed by atoms with Gasteiger partial charge in [-0.2, -0.15) is 0 Å². The highest BCUT2D eigenvalue weighted by Crippen LogP contribution is 1.98. The quantitative estimate of drug-likeness (QED) is 0.465. The number of carbonyl (C=O) groups is 1. The maximum Gasteiger partial charge on any atom is 0.167 e. The number of allylic oxidation sites excluding steroid dienone is 1. The Kier molecular flexibility index (Phi) is 1.20. The lowest BCUT2D eigenvalue weighted by Gasteiger charge is -2.07. The molecule has 0 atom stereocenters. The van der Waals surface area contributed by atoms with E-state index in [1.807, 2.05) is 11.9 Å². The van der Waals surface area contributed by atoms with Gasteiger partial charge >= 0.3 is 0 Å². The lowest BCUT2D eigenvalue weighted by Crippen LogP contribution is -2.18. The van der Waals surface area contributed by atoms with Crippen molar-refractivity contribution in [2.45, 2.75) is 0 Å². The average Bonchev–Trinajstić information content (AvgIpc) is 2.14. The molecule has 1 aliphatic heterocycles. The van der Waals surface area contributed by atoms with Gasteiger partial charge in [-0.15, -0.1) is 0 Å². The van der Waals surface area contributed by atoms with Crippen molar-refractivity contribution in [1.29, 1.82) is 0 Å². The van der Waals surface area contributed by atoms with E-state index < -0.39 is 0 Å². The van der Waals surface area contributed by atoms with Gasteiger partial charge in [0.2, 0.25) is 0 Å². The molecule has 0 aromatic heterocycles. The van der Waals surface area contributed by atoms with Gasteiger partial charge in [-0.05, 0) is 0 Å². The molecule has 1 rings (SSSR count). The summed E-state index contributed by atoms with van der Waals surface area (Å²) in [4.78, 5) is 11.9. The molecule has 0 amide bonds. The van der Waals surface area contributed by atoms with Crippen LogP contribution >= 0.6 is 0 Å². The summed E-state index contributed by atoms with van der Waals surface area (Å²) in [6, 6.07) is 0. The van der Waals surface area contributed by atoms with Crippen LogP contribution < -0.4 is 5.32 Å². The fourth-order valence-corrected chi connectivity index (χ4v) is 0.613. The molecule has 0 bridgehead atoms. The molecule has 44 valence electrons. The Bertz CT molecular complexity index is 130. The van der Waals surface area contributed by atoms with Crippen LogP contribution in [0.4, 0.5) is 0 Å². The molecular weight excluding hydrogens is 104 g/mol. The number of rotatable bonds is 1. The minimum Gasteiger partial charge on any atom is -0.372 e. The Morgan fingerprint density at radius 1 is 2.00 bits per heavy atom. The third-order valence-electron chi connectivity index (χ3n) is 1.14. The normalized spacial score (nSPS) is 17.6. The van der Waals surface area contributed by atoms with Crippen LogP contribution in [0.2, 0.25) is 0 Å². The van der Waals surface area contributed by atoms with Crippen molar-refractivity contribution < 1.29 is 4.79 Å². The van der Waals surface area contributed by atoms with Crippen LogP contribution in [-0.2, 0) is 4.79 Å². The van der Waals surface area contributed by atoms with Gasteiger partial charge in [-0.3, -0.25) is 4.79 Å². The van der Waals surface area contributed by atoms with Crippen LogP contribution in [0.1, 0.15) is 0 Å². The predicted molar refractivity (Wildman–Crippen MR) is 29.9 cm³/mol. The van der Waals surface area contributed by atoms with Crippen LogP contribution in [0, 0.1) is 0 Å². The van der Waals surface area contributed by atoms with Gasteiger partial charge in [0.25, 0.3) is 0 Å². The van der Waals surface area contributed by atoms with Crippen molar-refractivity contribution in [3.63, 3.8) is 0 Å². The van der Waals surface area contributed by atoms with Crippen molar-refractivity contribution >= 4 is 6.29 Å². The molecule has 3 heteroatoms. The van der Waals surface area contributed by atoms with Crippen molar-refractivity contribution in [2.24, 2.45) is 0 Å². The van der Waals surface area contributed by atoms with E-state index in [2.05, 4.69) is 5.32 Å². The largest absolute Gasteiger partial charge is 0.372 e. The molecular formula is C5H8N2O. The maximum absolute atomic E-state index is 10.1. The number of aldehydes is 1. The Balaban J connectivity index is 2.62. The lowest BCUT2D eigenvalue weighted by atomic mass is 10.5. The molecule has 1 heterocycles. The highest BCUT2D eigenvalue weighted by Gasteiger charge is 2.06. The number of hydrogen-bond donors (Lipinski definition) is 1. The lowest BCUT2D eigenvalue weighted by molar-refractivity contribution is -0.105. The SMILES string of the molecule is CN1CNC=C1C=O. The van der Waals surface area contributed by atoms with Crippen molar-refractivity contribution in [1.82, 2.24) is 10.2 Å². The minimum absolute atomic E-state index is 0.713. The first kappa shape index (κ1) is 5.15. The van der Waals surface area contributed by atoms with E-state index in [1.54, 1.807) is 6.20 Å². The molecule has 1 N–H and O–H groups in total. The van der Waals surface area contributed by atoms with Gasteiger partial charge in [0, 0.05) is 13.2 Å². The topological polar surface area (TPSA) is 32.3 Å². The Labute approximate surface area is 48.0 Å². The first-order valence-corrected chi connectivity index (χ1v) is 2.44. The van der Waals surface area contributed by atoms with E-state index in [0.29, 0.717) is 5.70 Å². The third kappa shape index (κ3) is 0.665. The number of nitrogens with zero attached hydrogens (tertiary/aromatic N) is 1. The number of likely N-dealkylation sites (N-methyl/N-ethyl adjacent to an activating group) is 1. The number of nitrogens with one attached hydrogen (secondary N) is 1. The molecule has 8 heavy (non-hydrogen) atoms. The summed E-state index contributed by atoms with van der Waals surface area (Å²) in [5.74, 6) is 0. The van der Waals surface area contributed by atoms with E-state index in [9.17, 15) is 4.79 Å². The third-order valence-corrected chi connectivity index (χ3v) is 1.14. The van der Waals surface area contributed by atoms with Crippen molar-refractivity contribution in [2.75, 3.05) is 13.7 Å². The van der Waals surface area contributed by atoms with E-state index in [4.69, 9.17) is 0 Å². The first-order valence-electron chi connectivity index (χ1n) is 2.44. The summed E-state index contributed by atoms with van der Waals surface area (Å²) in [6.07, 6.45) is 2.53. The molecule has 0 aromatic rings. The zero-order chi connectivity index (χ0) is 5.98. The number of hydrogen-bond acceptors (Lipinski definition) is 3. The molecule has 0 radical (unpaired) electrons. The fraction of sp³-hybridized carbons (Fsp3) is 0.400.